The lowest BCUT2D eigenvalue weighted by Gasteiger charge is -2.36. The van der Waals surface area contributed by atoms with Crippen LogP contribution in [0.3, 0.4) is 0 Å². The van der Waals surface area contributed by atoms with E-state index in [1.165, 1.54) is 11.0 Å². The van der Waals surface area contributed by atoms with Gasteiger partial charge in [0.2, 0.25) is 0 Å². The van der Waals surface area contributed by atoms with Crippen LogP contribution in [0.25, 0.3) is 0 Å². The third kappa shape index (κ3) is 4.31. The van der Waals surface area contributed by atoms with Gasteiger partial charge >= 0.3 is 12.4 Å². The van der Waals surface area contributed by atoms with Gasteiger partial charge < -0.3 is 10.2 Å². The van der Waals surface area contributed by atoms with Gasteiger partial charge in [-0.05, 0) is 43.7 Å². The SMILES string of the molecule is CNCc1cc(C(F)(F)F)ccc1N1CCCC(C(F)(F)F)C1. The quantitative estimate of drug-likeness (QED) is 0.830. The molecule has 0 aromatic heterocycles. The number of anilines is 1. The van der Waals surface area contributed by atoms with Crippen molar-refractivity contribution in [3.63, 3.8) is 0 Å². The van der Waals surface area contributed by atoms with Crippen LogP contribution >= 0.6 is 0 Å². The lowest BCUT2D eigenvalue weighted by molar-refractivity contribution is -0.176. The summed E-state index contributed by atoms with van der Waals surface area (Å²) in [5, 5.41) is 2.77. The zero-order valence-corrected chi connectivity index (χ0v) is 12.6. The fraction of sp³-hybridized carbons (Fsp3) is 0.600. The first kappa shape index (κ1) is 17.9. The number of rotatable bonds is 3. The Morgan fingerprint density at radius 3 is 2.43 bits per heavy atom. The Bertz CT molecular complexity index is 538. The van der Waals surface area contributed by atoms with E-state index < -0.39 is 23.8 Å². The predicted molar refractivity (Wildman–Crippen MR) is 75.2 cm³/mol. The minimum atomic E-state index is -4.47. The third-order valence-electron chi connectivity index (χ3n) is 4.00. The van der Waals surface area contributed by atoms with E-state index in [4.69, 9.17) is 0 Å². The first-order chi connectivity index (χ1) is 10.6. The van der Waals surface area contributed by atoms with E-state index in [0.29, 0.717) is 24.2 Å². The molecule has 1 aromatic rings. The first-order valence-electron chi connectivity index (χ1n) is 7.29. The zero-order chi connectivity index (χ0) is 17.3. The molecule has 23 heavy (non-hydrogen) atoms. The summed E-state index contributed by atoms with van der Waals surface area (Å²) in [7, 11) is 1.58. The van der Waals surface area contributed by atoms with Crippen LogP contribution in [0.5, 0.6) is 0 Å². The normalized spacial score (nSPS) is 20.0. The smallest absolute Gasteiger partial charge is 0.371 e. The van der Waals surface area contributed by atoms with E-state index in [0.717, 1.165) is 12.1 Å². The molecule has 0 amide bonds. The van der Waals surface area contributed by atoms with Gasteiger partial charge in [0, 0.05) is 25.3 Å². The Balaban J connectivity index is 2.30. The largest absolute Gasteiger partial charge is 0.416 e. The van der Waals surface area contributed by atoms with Gasteiger partial charge in [-0.15, -0.1) is 0 Å². The van der Waals surface area contributed by atoms with E-state index in [2.05, 4.69) is 5.32 Å². The highest BCUT2D eigenvalue weighted by molar-refractivity contribution is 5.56. The zero-order valence-electron chi connectivity index (χ0n) is 12.6. The van der Waals surface area contributed by atoms with Crippen molar-refractivity contribution >= 4 is 5.69 Å². The molecule has 1 atom stereocenters. The summed E-state index contributed by atoms with van der Waals surface area (Å²) in [6.07, 6.45) is -8.34. The molecule has 1 aromatic carbocycles. The van der Waals surface area contributed by atoms with Gasteiger partial charge in [0.05, 0.1) is 11.5 Å². The maximum atomic E-state index is 12.9. The summed E-state index contributed by atoms with van der Waals surface area (Å²) in [5.74, 6) is -1.44. The maximum Gasteiger partial charge on any atom is 0.416 e. The second-order valence-electron chi connectivity index (χ2n) is 5.70. The second-order valence-corrected chi connectivity index (χ2v) is 5.70. The van der Waals surface area contributed by atoms with Crippen molar-refractivity contribution in [2.75, 3.05) is 25.0 Å². The Kier molecular flexibility index (Phi) is 5.13. The van der Waals surface area contributed by atoms with Gasteiger partial charge in [-0.1, -0.05) is 0 Å². The van der Waals surface area contributed by atoms with Crippen LogP contribution in [-0.2, 0) is 12.7 Å². The maximum absolute atomic E-state index is 12.9. The third-order valence-corrected chi connectivity index (χ3v) is 4.00. The number of alkyl halides is 6. The minimum absolute atomic E-state index is 0.0575. The van der Waals surface area contributed by atoms with Crippen molar-refractivity contribution in [3.8, 4) is 0 Å². The highest BCUT2D eigenvalue weighted by Gasteiger charge is 2.42. The lowest BCUT2D eigenvalue weighted by atomic mass is 9.96. The molecular formula is C15H18F6N2. The molecule has 130 valence electrons. The van der Waals surface area contributed by atoms with Gasteiger partial charge in [-0.2, -0.15) is 26.3 Å². The molecule has 2 rings (SSSR count). The molecule has 8 heteroatoms. The number of piperidine rings is 1. The summed E-state index contributed by atoms with van der Waals surface area (Å²) in [4.78, 5) is 1.54. The number of hydrogen-bond acceptors (Lipinski definition) is 2. The monoisotopic (exact) mass is 340 g/mol. The van der Waals surface area contributed by atoms with E-state index in [1.807, 2.05) is 0 Å². The van der Waals surface area contributed by atoms with Crippen molar-refractivity contribution in [3.05, 3.63) is 29.3 Å². The lowest BCUT2D eigenvalue weighted by Crippen LogP contribution is -2.42. The Hall–Kier alpha value is -1.44. The van der Waals surface area contributed by atoms with Crippen LogP contribution in [0.4, 0.5) is 32.0 Å². The molecule has 2 nitrogen and oxygen atoms in total. The summed E-state index contributed by atoms with van der Waals surface area (Å²) < 4.78 is 77.2. The summed E-state index contributed by atoms with van der Waals surface area (Å²) in [6.45, 7) is 0.354. The molecule has 1 aliphatic heterocycles. The van der Waals surface area contributed by atoms with Crippen LogP contribution in [-0.4, -0.2) is 26.3 Å². The summed E-state index contributed by atoms with van der Waals surface area (Å²) in [5.41, 5.74) is -0.0117. The topological polar surface area (TPSA) is 15.3 Å². The van der Waals surface area contributed by atoms with Crippen molar-refractivity contribution in [1.82, 2.24) is 5.32 Å². The van der Waals surface area contributed by atoms with Crippen LogP contribution in [0.1, 0.15) is 24.0 Å². The number of halogens is 6. The Morgan fingerprint density at radius 2 is 1.87 bits per heavy atom. The van der Waals surface area contributed by atoms with E-state index in [1.54, 1.807) is 7.05 Å². The van der Waals surface area contributed by atoms with E-state index in [9.17, 15) is 26.3 Å². The van der Waals surface area contributed by atoms with E-state index >= 15 is 0 Å². The molecule has 0 spiro atoms. The van der Waals surface area contributed by atoms with Crippen molar-refractivity contribution < 1.29 is 26.3 Å². The van der Waals surface area contributed by atoms with Crippen molar-refractivity contribution in [1.29, 1.82) is 0 Å². The molecule has 0 bridgehead atoms. The molecule has 1 heterocycles. The summed E-state index contributed by atoms with van der Waals surface area (Å²) in [6, 6.07) is 3.20. The van der Waals surface area contributed by atoms with Gasteiger partial charge in [0.25, 0.3) is 0 Å². The van der Waals surface area contributed by atoms with E-state index in [-0.39, 0.29) is 19.5 Å². The van der Waals surface area contributed by atoms with Gasteiger partial charge in [-0.25, -0.2) is 0 Å². The van der Waals surface area contributed by atoms with Crippen LogP contribution in [0, 0.1) is 5.92 Å². The van der Waals surface area contributed by atoms with Crippen LogP contribution in [0.15, 0.2) is 18.2 Å². The Morgan fingerprint density at radius 1 is 1.17 bits per heavy atom. The van der Waals surface area contributed by atoms with Crippen molar-refractivity contribution in [2.45, 2.75) is 31.7 Å². The molecule has 1 saturated heterocycles. The Labute approximate surface area is 130 Å². The van der Waals surface area contributed by atoms with Gasteiger partial charge in [0.1, 0.15) is 0 Å². The molecule has 1 aliphatic rings. The summed E-state index contributed by atoms with van der Waals surface area (Å²) >= 11 is 0. The minimum Gasteiger partial charge on any atom is -0.371 e. The molecule has 1 unspecified atom stereocenters. The predicted octanol–water partition coefficient (Wildman–Crippen LogP) is 4.20. The van der Waals surface area contributed by atoms with Crippen molar-refractivity contribution in [2.24, 2.45) is 5.92 Å². The molecule has 0 aliphatic carbocycles. The number of nitrogens with one attached hydrogen (secondary N) is 1. The average molecular weight is 340 g/mol. The number of benzene rings is 1. The highest BCUT2D eigenvalue weighted by atomic mass is 19.4. The molecule has 0 radical (unpaired) electrons. The second kappa shape index (κ2) is 6.59. The first-order valence-corrected chi connectivity index (χ1v) is 7.29. The molecule has 1 fully saturated rings. The standard InChI is InChI=1S/C15H18F6N2/c1-22-8-10-7-11(14(16,17)18)4-5-13(10)23-6-2-3-12(9-23)15(19,20)21/h4-5,7,12,22H,2-3,6,8-9H2,1H3. The fourth-order valence-electron chi connectivity index (χ4n) is 2.87. The number of hydrogen-bond donors (Lipinski definition) is 1. The van der Waals surface area contributed by atoms with Crippen LogP contribution in [0.2, 0.25) is 0 Å². The molecule has 1 N–H and O–H groups in total. The molecular weight excluding hydrogens is 322 g/mol. The molecule has 0 saturated carbocycles. The van der Waals surface area contributed by atoms with Gasteiger partial charge in [0.15, 0.2) is 0 Å². The number of nitrogens with zero attached hydrogens (tertiary/aromatic N) is 1. The average Bonchev–Trinajstić information content (AvgIpc) is 2.46. The fourth-order valence-corrected chi connectivity index (χ4v) is 2.87. The highest BCUT2D eigenvalue weighted by Crippen LogP contribution is 2.37. The van der Waals surface area contributed by atoms with Gasteiger partial charge in [-0.3, -0.25) is 0 Å². The van der Waals surface area contributed by atoms with Crippen LogP contribution < -0.4 is 10.2 Å².